The molecule has 14 heterocycles. The Morgan fingerprint density at radius 1 is 0.345 bits per heavy atom. The van der Waals surface area contributed by atoms with Crippen LogP contribution in [0.5, 0.6) is 23.0 Å². The minimum absolute atomic E-state index is 0.0166. The van der Waals surface area contributed by atoms with Crippen molar-refractivity contribution >= 4 is 139 Å². The normalized spacial score (nSPS) is 14.7. The molecule has 736 valence electrons. The minimum atomic E-state index is -0.197. The summed E-state index contributed by atoms with van der Waals surface area (Å²) >= 11 is 6.69. The lowest BCUT2D eigenvalue weighted by Crippen LogP contribution is -2.36. The molecule has 145 heavy (non-hydrogen) atoms. The molecule has 6 aliphatic heterocycles. The minimum Gasteiger partial charge on any atom is -0.508 e. The number of benzene rings is 8. The van der Waals surface area contributed by atoms with Crippen molar-refractivity contribution in [3.63, 3.8) is 0 Å². The van der Waals surface area contributed by atoms with E-state index in [2.05, 4.69) is 135 Å². The molecule has 6 N–H and O–H groups in total. The number of ether oxygens (including phenoxy) is 4. The molecule has 0 aliphatic carbocycles. The third-order valence-electron chi connectivity index (χ3n) is 25.6. The molecule has 0 atom stereocenters. The second kappa shape index (κ2) is 45.5. The maximum atomic E-state index is 12.9. The van der Waals surface area contributed by atoms with Gasteiger partial charge < -0.3 is 79.4 Å². The molecule has 6 aliphatic rings. The summed E-state index contributed by atoms with van der Waals surface area (Å²) in [6.07, 6.45) is 9.26. The van der Waals surface area contributed by atoms with Gasteiger partial charge in [0.25, 0.3) is 0 Å². The molecule has 0 radical (unpaired) electrons. The van der Waals surface area contributed by atoms with Crippen LogP contribution in [0.15, 0.2) is 256 Å². The van der Waals surface area contributed by atoms with Gasteiger partial charge in [-0.2, -0.15) is 0 Å². The first-order chi connectivity index (χ1) is 70.8. The molecule has 0 unspecified atom stereocenters. The van der Waals surface area contributed by atoms with Crippen molar-refractivity contribution in [1.82, 2.24) is 60.3 Å². The van der Waals surface area contributed by atoms with E-state index in [1.54, 1.807) is 125 Å². The predicted molar refractivity (Wildman–Crippen MR) is 574 cm³/mol. The summed E-state index contributed by atoms with van der Waals surface area (Å²) in [5.74, 6) is 6.24. The number of rotatable bonds is 23. The summed E-state index contributed by atoms with van der Waals surface area (Å²) in [5.41, 5.74) is 17.8. The number of hydrogen-bond acceptors (Lipinski definition) is 29. The zero-order chi connectivity index (χ0) is 100.0. The third kappa shape index (κ3) is 23.5. The maximum Gasteiger partial charge on any atom is 0.246 e. The highest BCUT2D eigenvalue weighted by molar-refractivity contribution is 7.24. The number of ketones is 1. The van der Waals surface area contributed by atoms with Gasteiger partial charge in [0, 0.05) is 146 Å². The van der Waals surface area contributed by atoms with Crippen molar-refractivity contribution < 1.29 is 63.3 Å². The zero-order valence-electron chi connectivity index (χ0n) is 79.9. The number of anilines is 4. The molecule has 16 aromatic rings. The van der Waals surface area contributed by atoms with Crippen molar-refractivity contribution in [2.75, 3.05) is 138 Å². The number of aromatic nitrogens is 8. The Bertz CT molecular complexity index is 7590. The number of nitrogens with one attached hydrogen (secondary N) is 2. The van der Waals surface area contributed by atoms with Crippen molar-refractivity contribution in [1.29, 1.82) is 0 Å². The molecule has 4 amide bonds. The average Bonchev–Trinajstić information content (AvgIpc) is 1.65. The van der Waals surface area contributed by atoms with E-state index in [0.29, 0.717) is 115 Å². The van der Waals surface area contributed by atoms with Gasteiger partial charge in [-0.05, 0) is 191 Å². The number of phenolic OH excluding ortho intramolecular Hbond substituents is 4. The summed E-state index contributed by atoms with van der Waals surface area (Å²) in [6, 6.07) is 65.8. The molecular weight excluding hydrogens is 1910 g/mol. The lowest BCUT2D eigenvalue weighted by molar-refractivity contribution is -0.133. The van der Waals surface area contributed by atoms with E-state index in [-0.39, 0.29) is 65.3 Å². The molecule has 8 aromatic heterocycles. The number of amides is 4. The second-order valence-electron chi connectivity index (χ2n) is 35.3. The number of aromatic hydroxyl groups is 4. The van der Waals surface area contributed by atoms with Gasteiger partial charge in [0.2, 0.25) is 23.6 Å². The highest BCUT2D eigenvalue weighted by Crippen LogP contribution is 2.46. The molecule has 8 aromatic carbocycles. The highest BCUT2D eigenvalue weighted by atomic mass is 32.1. The predicted octanol–water partition coefficient (Wildman–Crippen LogP) is 18.8. The van der Waals surface area contributed by atoms with Crippen LogP contribution >= 0.6 is 45.3 Å². The number of hydrogen-bond donors (Lipinski definition) is 6. The van der Waals surface area contributed by atoms with Crippen LogP contribution in [-0.4, -0.2) is 218 Å². The van der Waals surface area contributed by atoms with Gasteiger partial charge in [-0.25, -0.2) is 39.9 Å². The van der Waals surface area contributed by atoms with Crippen molar-refractivity contribution in [3.8, 4) is 110 Å². The molecule has 0 saturated carbocycles. The van der Waals surface area contributed by atoms with Gasteiger partial charge in [0.05, 0.1) is 93.7 Å². The summed E-state index contributed by atoms with van der Waals surface area (Å²) in [4.78, 5) is 116. The van der Waals surface area contributed by atoms with Gasteiger partial charge in [-0.3, -0.25) is 24.0 Å². The van der Waals surface area contributed by atoms with E-state index < -0.39 is 0 Å². The Hall–Kier alpha value is -15.3. The van der Waals surface area contributed by atoms with E-state index in [4.69, 9.17) is 58.8 Å². The molecular formula is C112H106N16O13S4. The number of allylic oxidation sites excluding steroid dienone is 2. The Kier molecular flexibility index (Phi) is 30.9. The van der Waals surface area contributed by atoms with Crippen molar-refractivity contribution in [2.24, 2.45) is 0 Å². The quantitative estimate of drug-likeness (QED) is 0.0324. The number of phenols is 4. The first kappa shape index (κ1) is 98.4. The number of thiophene rings is 4. The van der Waals surface area contributed by atoms with Gasteiger partial charge >= 0.3 is 0 Å². The number of carbonyl (C=O) groups is 5. The number of carbonyl (C=O) groups excluding carboxylic acids is 5. The second-order valence-corrected chi connectivity index (χ2v) is 39.5. The fraction of sp³-hybridized carbons (Fsp3) is 0.241. The van der Waals surface area contributed by atoms with Crippen LogP contribution in [0.4, 0.5) is 23.3 Å². The van der Waals surface area contributed by atoms with Gasteiger partial charge in [0.15, 0.2) is 52.4 Å². The van der Waals surface area contributed by atoms with E-state index in [9.17, 15) is 44.4 Å². The van der Waals surface area contributed by atoms with Crippen molar-refractivity contribution in [2.45, 2.75) is 58.8 Å². The van der Waals surface area contributed by atoms with Crippen LogP contribution in [0, 0.1) is 0 Å². The van der Waals surface area contributed by atoms with Crippen LogP contribution in [0.25, 0.3) is 128 Å². The SMILES string of the molecule is C/C=C/C(=O)CCC(=O)N1CCc2ccc(-c3cc4nc(-c5cccc(O)c5)nc(N5CCOCC5)c4s3)cc2C1.C=CC(=O)N1CCc2cc(-c3cc4nc(-c5cccc(O)c5)nc(N5CCOCC5)c4s3)ccc2C1.C=CC(=O)NCc1ccc(-c2cc3nc(-c4cccc(O)c4)nc(N4CCOCC4)c3s2)cc1.C=CC(=O)NCc1cccc(-c2cc3nc(-c4cccc(O)c4)nc(N4CCOCC4)c3s2)c1. The monoisotopic (exact) mass is 2010 g/mol. The first-order valence-electron chi connectivity index (χ1n) is 48.1. The molecule has 0 bridgehead atoms. The lowest BCUT2D eigenvalue weighted by atomic mass is 9.96. The van der Waals surface area contributed by atoms with Gasteiger partial charge in [-0.1, -0.05) is 141 Å². The Morgan fingerprint density at radius 3 is 1.08 bits per heavy atom. The van der Waals surface area contributed by atoms with Crippen LogP contribution in [0.1, 0.15) is 53.1 Å². The summed E-state index contributed by atoms with van der Waals surface area (Å²) < 4.78 is 26.4. The largest absolute Gasteiger partial charge is 0.508 e. The summed E-state index contributed by atoms with van der Waals surface area (Å²) in [6.45, 7) is 27.2. The molecule has 0 spiro atoms. The van der Waals surface area contributed by atoms with Crippen LogP contribution in [0.2, 0.25) is 0 Å². The Balaban J connectivity index is 0.000000123. The average molecular weight is 2010 g/mol. The summed E-state index contributed by atoms with van der Waals surface area (Å²) in [7, 11) is 0. The van der Waals surface area contributed by atoms with Crippen molar-refractivity contribution in [3.05, 3.63) is 290 Å². The highest BCUT2D eigenvalue weighted by Gasteiger charge is 2.30. The Labute approximate surface area is 853 Å². The van der Waals surface area contributed by atoms with Crippen LogP contribution < -0.4 is 30.2 Å². The molecule has 4 fully saturated rings. The van der Waals surface area contributed by atoms with E-state index in [1.807, 2.05) is 64.4 Å². The molecule has 22 rings (SSSR count). The number of fused-ring (bicyclic) bond motifs is 6. The number of nitrogens with zero attached hydrogens (tertiary/aromatic N) is 14. The van der Waals surface area contributed by atoms with Crippen LogP contribution in [-0.2, 0) is 81.9 Å². The molecule has 33 heteroatoms. The van der Waals surface area contributed by atoms with Gasteiger partial charge in [0.1, 0.15) is 23.0 Å². The third-order valence-corrected chi connectivity index (χ3v) is 30.3. The Morgan fingerprint density at radius 2 is 0.690 bits per heavy atom. The topological polar surface area (TPSA) is 350 Å². The van der Waals surface area contributed by atoms with E-state index >= 15 is 0 Å². The fourth-order valence-corrected chi connectivity index (χ4v) is 22.5. The maximum absolute atomic E-state index is 12.9. The molecule has 29 nitrogen and oxygen atoms in total. The van der Waals surface area contributed by atoms with Crippen LogP contribution in [0.3, 0.4) is 0 Å². The lowest BCUT2D eigenvalue weighted by Gasteiger charge is -2.29. The zero-order valence-corrected chi connectivity index (χ0v) is 83.1. The number of morpholine rings is 4. The first-order valence-corrected chi connectivity index (χ1v) is 51.4. The van der Waals surface area contributed by atoms with Gasteiger partial charge in [-0.15, -0.1) is 45.3 Å². The standard InChI is InChI=1S/C32H32N4O4S.C28H26N4O3S.2C26H24N4O3S/c1-2-4-25(37)9-10-29(39)36-12-11-21-7-8-22(17-24(21)20-36)28-19-27-30(41-28)32(35-13-15-40-16-14-35)34-31(33-27)23-5-3-6-26(38)18-23;1-2-25(34)32-9-8-18-14-19(6-7-21(18)17-32)24-16-23-26(36-24)28(31-10-12-35-13-11-31)30-27(29-23)20-4-3-5-22(33)15-20;1-2-23(32)27-16-17-5-3-6-18(13-17)22-15-21-24(34-22)26(30-9-11-33-12-10-30)29-25(28-21)19-7-4-8-20(31)14-19;1-2-23(32)27-16-17-6-8-18(9-7-17)22-15-21-24(34-22)26(30-10-12-33-13-11-30)29-25(28-21)19-4-3-5-20(31)14-19/h2-8,17-19,38H,9-16,20H2,1H3;2-7,14-16,33H,1,8-13,17H2;2-8,13-15,31H,1,9-12,16H2,(H,27,32);2-9,14-15,31H,1,10-13,16H2,(H,27,32)/b4-2+;;;. The summed E-state index contributed by atoms with van der Waals surface area (Å²) in [5, 5.41) is 45.6. The smallest absolute Gasteiger partial charge is 0.246 e. The van der Waals surface area contributed by atoms with E-state index in [0.717, 1.165) is 210 Å². The van der Waals surface area contributed by atoms with E-state index in [1.165, 1.54) is 41.0 Å². The molecule has 4 saturated heterocycles. The fourth-order valence-electron chi connectivity index (χ4n) is 18.0.